The van der Waals surface area contributed by atoms with Crippen LogP contribution in [0.4, 0.5) is 0 Å². The van der Waals surface area contributed by atoms with Gasteiger partial charge >= 0.3 is 0 Å². The van der Waals surface area contributed by atoms with E-state index in [1.807, 2.05) is 12.3 Å². The van der Waals surface area contributed by atoms with E-state index < -0.39 is 0 Å². The van der Waals surface area contributed by atoms with Crippen LogP contribution in [0.2, 0.25) is 0 Å². The van der Waals surface area contributed by atoms with E-state index in [-0.39, 0.29) is 0 Å². The van der Waals surface area contributed by atoms with Gasteiger partial charge in [-0.15, -0.1) is 11.6 Å². The number of hydrogen-bond acceptors (Lipinski definition) is 2. The number of rotatable bonds is 5. The number of nitrogens with zero attached hydrogens (tertiary/aromatic N) is 1. The van der Waals surface area contributed by atoms with Gasteiger partial charge in [0.05, 0.1) is 5.69 Å². The Bertz CT molecular complexity index is 497. The highest BCUT2D eigenvalue weighted by Crippen LogP contribution is 2.10. The van der Waals surface area contributed by atoms with Gasteiger partial charge < -0.3 is 5.32 Å². The minimum absolute atomic E-state index is 0.524. The van der Waals surface area contributed by atoms with Crippen molar-refractivity contribution in [2.24, 2.45) is 0 Å². The number of alkyl halides is 1. The van der Waals surface area contributed by atoms with Crippen LogP contribution in [-0.2, 0) is 19.0 Å². The second-order valence-electron chi connectivity index (χ2n) is 4.32. The summed E-state index contributed by atoms with van der Waals surface area (Å²) in [5, 5.41) is 3.39. The van der Waals surface area contributed by atoms with Crippen molar-refractivity contribution in [2.45, 2.75) is 25.9 Å². The first-order chi connectivity index (χ1) is 8.79. The maximum Gasteiger partial charge on any atom is 0.0544 e. The average Bonchev–Trinajstić information content (AvgIpc) is 2.40. The Balaban J connectivity index is 1.89. The molecule has 0 saturated heterocycles. The number of pyridine rings is 1. The van der Waals surface area contributed by atoms with E-state index in [2.05, 4.69) is 47.6 Å². The smallest absolute Gasteiger partial charge is 0.0544 e. The van der Waals surface area contributed by atoms with Gasteiger partial charge in [0.1, 0.15) is 0 Å². The molecule has 1 aromatic heterocycles. The number of aromatic nitrogens is 1. The van der Waals surface area contributed by atoms with E-state index in [4.69, 9.17) is 11.6 Å². The Kier molecular flexibility index (Phi) is 4.73. The number of nitrogens with one attached hydrogen (secondary N) is 1. The summed E-state index contributed by atoms with van der Waals surface area (Å²) >= 11 is 5.81. The number of halogens is 1. The first kappa shape index (κ1) is 13.1. The van der Waals surface area contributed by atoms with Crippen LogP contribution < -0.4 is 5.32 Å². The molecule has 2 nitrogen and oxygen atoms in total. The summed E-state index contributed by atoms with van der Waals surface area (Å²) in [7, 11) is 0. The average molecular weight is 261 g/mol. The zero-order valence-corrected chi connectivity index (χ0v) is 11.2. The predicted octanol–water partition coefficient (Wildman–Crippen LogP) is 3.42. The summed E-state index contributed by atoms with van der Waals surface area (Å²) < 4.78 is 0. The van der Waals surface area contributed by atoms with Crippen molar-refractivity contribution in [3.63, 3.8) is 0 Å². The third-order valence-corrected chi connectivity index (χ3v) is 3.19. The Hall–Kier alpha value is -1.38. The highest BCUT2D eigenvalue weighted by molar-refractivity contribution is 6.17. The number of benzene rings is 1. The molecule has 0 fully saturated rings. The third kappa shape index (κ3) is 3.56. The van der Waals surface area contributed by atoms with Crippen LogP contribution in [0.25, 0.3) is 0 Å². The maximum atomic E-state index is 5.81. The summed E-state index contributed by atoms with van der Waals surface area (Å²) in [6.07, 6.45) is 1.86. The van der Waals surface area contributed by atoms with Gasteiger partial charge in [0.25, 0.3) is 0 Å². The highest BCUT2D eigenvalue weighted by Gasteiger charge is 2.00. The first-order valence-corrected chi connectivity index (χ1v) is 6.58. The van der Waals surface area contributed by atoms with Gasteiger partial charge in [0, 0.05) is 25.2 Å². The molecule has 0 bridgehead atoms. The van der Waals surface area contributed by atoms with Gasteiger partial charge in [0.15, 0.2) is 0 Å². The lowest BCUT2D eigenvalue weighted by Gasteiger charge is -2.07. The van der Waals surface area contributed by atoms with Gasteiger partial charge in [-0.05, 0) is 29.7 Å². The Morgan fingerprint density at radius 1 is 1.17 bits per heavy atom. The van der Waals surface area contributed by atoms with Crippen molar-refractivity contribution in [1.82, 2.24) is 10.3 Å². The lowest BCUT2D eigenvalue weighted by atomic mass is 10.1. The molecule has 0 amide bonds. The molecule has 2 aromatic rings. The van der Waals surface area contributed by atoms with E-state index >= 15 is 0 Å². The van der Waals surface area contributed by atoms with E-state index in [1.54, 1.807) is 0 Å². The van der Waals surface area contributed by atoms with Crippen molar-refractivity contribution >= 4 is 11.6 Å². The van der Waals surface area contributed by atoms with Crippen molar-refractivity contribution in [3.05, 3.63) is 65.0 Å². The van der Waals surface area contributed by atoms with E-state index in [1.165, 1.54) is 11.1 Å². The molecule has 2 rings (SSSR count). The van der Waals surface area contributed by atoms with Crippen molar-refractivity contribution in [1.29, 1.82) is 0 Å². The molecular weight excluding hydrogens is 244 g/mol. The van der Waals surface area contributed by atoms with Crippen molar-refractivity contribution < 1.29 is 0 Å². The predicted molar refractivity (Wildman–Crippen MR) is 75.5 cm³/mol. The van der Waals surface area contributed by atoms with Crippen LogP contribution in [0.5, 0.6) is 0 Å². The van der Waals surface area contributed by atoms with Gasteiger partial charge in [-0.1, -0.05) is 30.3 Å². The molecule has 0 spiro atoms. The first-order valence-electron chi connectivity index (χ1n) is 6.04. The third-order valence-electron chi connectivity index (χ3n) is 2.90. The van der Waals surface area contributed by atoms with Crippen LogP contribution in [0.15, 0.2) is 42.6 Å². The lowest BCUT2D eigenvalue weighted by molar-refractivity contribution is 0.678. The largest absolute Gasteiger partial charge is 0.307 e. The van der Waals surface area contributed by atoms with Crippen LogP contribution >= 0.6 is 11.6 Å². The fourth-order valence-electron chi connectivity index (χ4n) is 1.81. The van der Waals surface area contributed by atoms with Gasteiger partial charge in [0.2, 0.25) is 0 Å². The van der Waals surface area contributed by atoms with Crippen LogP contribution in [0.1, 0.15) is 22.4 Å². The normalized spacial score (nSPS) is 10.6. The number of hydrogen-bond donors (Lipinski definition) is 1. The van der Waals surface area contributed by atoms with E-state index in [9.17, 15) is 0 Å². The Labute approximate surface area is 113 Å². The summed E-state index contributed by atoms with van der Waals surface area (Å²) in [6, 6.07) is 12.4. The molecule has 1 heterocycles. The quantitative estimate of drug-likeness (QED) is 0.834. The molecule has 0 aliphatic heterocycles. The standard InChI is InChI=1S/C15H17ClN2/c1-12-7-15(18-10-14(12)8-16)11-17-9-13-5-3-2-4-6-13/h2-7,10,17H,8-9,11H2,1H3. The summed E-state index contributed by atoms with van der Waals surface area (Å²) in [5.41, 5.74) is 4.64. The maximum absolute atomic E-state index is 5.81. The molecule has 0 aliphatic carbocycles. The summed E-state index contributed by atoms with van der Waals surface area (Å²) in [5.74, 6) is 0.524. The molecule has 0 atom stereocenters. The molecule has 0 saturated carbocycles. The Morgan fingerprint density at radius 2 is 1.94 bits per heavy atom. The summed E-state index contributed by atoms with van der Waals surface area (Å²) in [6.45, 7) is 3.71. The van der Waals surface area contributed by atoms with Crippen LogP contribution in [-0.4, -0.2) is 4.98 Å². The van der Waals surface area contributed by atoms with E-state index in [0.29, 0.717) is 5.88 Å². The van der Waals surface area contributed by atoms with Gasteiger partial charge in [-0.3, -0.25) is 4.98 Å². The van der Waals surface area contributed by atoms with Gasteiger partial charge in [-0.25, -0.2) is 0 Å². The molecule has 94 valence electrons. The topological polar surface area (TPSA) is 24.9 Å². The van der Waals surface area contributed by atoms with Crippen LogP contribution in [0, 0.1) is 6.92 Å². The molecule has 0 unspecified atom stereocenters. The fourth-order valence-corrected chi connectivity index (χ4v) is 2.09. The monoisotopic (exact) mass is 260 g/mol. The summed E-state index contributed by atoms with van der Waals surface area (Å²) in [4.78, 5) is 4.39. The minimum atomic E-state index is 0.524. The Morgan fingerprint density at radius 3 is 2.61 bits per heavy atom. The highest BCUT2D eigenvalue weighted by atomic mass is 35.5. The second kappa shape index (κ2) is 6.53. The second-order valence-corrected chi connectivity index (χ2v) is 4.59. The molecular formula is C15H17ClN2. The SMILES string of the molecule is Cc1cc(CNCc2ccccc2)ncc1CCl. The zero-order chi connectivity index (χ0) is 12.8. The molecule has 0 radical (unpaired) electrons. The van der Waals surface area contributed by atoms with Crippen molar-refractivity contribution in [3.8, 4) is 0 Å². The molecule has 0 aliphatic rings. The van der Waals surface area contributed by atoms with Crippen molar-refractivity contribution in [2.75, 3.05) is 0 Å². The lowest BCUT2D eigenvalue weighted by Crippen LogP contribution is -2.13. The zero-order valence-electron chi connectivity index (χ0n) is 10.5. The van der Waals surface area contributed by atoms with E-state index in [0.717, 1.165) is 24.3 Å². The molecule has 1 N–H and O–H groups in total. The molecule has 3 heteroatoms. The molecule has 18 heavy (non-hydrogen) atoms. The fraction of sp³-hybridized carbons (Fsp3) is 0.267. The minimum Gasteiger partial charge on any atom is -0.307 e. The van der Waals surface area contributed by atoms with Gasteiger partial charge in [-0.2, -0.15) is 0 Å². The number of aryl methyl sites for hydroxylation is 1. The molecule has 1 aromatic carbocycles. The van der Waals surface area contributed by atoms with Crippen LogP contribution in [0.3, 0.4) is 0 Å².